The highest BCUT2D eigenvalue weighted by Gasteiger charge is 2.15. The molecule has 118 valence electrons. The summed E-state index contributed by atoms with van der Waals surface area (Å²) in [4.78, 5) is 11.6. The minimum absolute atomic E-state index is 0.866. The van der Waals surface area contributed by atoms with Crippen molar-refractivity contribution in [1.29, 1.82) is 0 Å². The number of guanidine groups is 1. The van der Waals surface area contributed by atoms with Crippen LogP contribution in [0, 0.1) is 0 Å². The van der Waals surface area contributed by atoms with Gasteiger partial charge in [0, 0.05) is 44.5 Å². The van der Waals surface area contributed by atoms with Gasteiger partial charge in [0.1, 0.15) is 0 Å². The van der Waals surface area contributed by atoms with Crippen molar-refractivity contribution >= 4 is 22.4 Å². The number of thiazole rings is 1. The molecular formula is C15H27N5S. The molecule has 1 saturated heterocycles. The number of aliphatic imine (C=N–C) groups is 1. The molecule has 0 radical (unpaired) electrons. The number of hydrogen-bond acceptors (Lipinski definition) is 4. The molecule has 0 saturated carbocycles. The van der Waals surface area contributed by atoms with Crippen LogP contribution in [0.25, 0.3) is 0 Å². The minimum atomic E-state index is 0.866. The number of nitrogens with zero attached hydrogens (tertiary/aromatic N) is 3. The summed E-state index contributed by atoms with van der Waals surface area (Å²) >= 11 is 1.77. The Morgan fingerprint density at radius 1 is 1.33 bits per heavy atom. The molecule has 0 unspecified atom stereocenters. The van der Waals surface area contributed by atoms with Crippen molar-refractivity contribution in [1.82, 2.24) is 15.6 Å². The Kier molecular flexibility index (Phi) is 6.79. The van der Waals surface area contributed by atoms with Crippen molar-refractivity contribution in [2.45, 2.75) is 39.5 Å². The van der Waals surface area contributed by atoms with E-state index in [0.29, 0.717) is 0 Å². The summed E-state index contributed by atoms with van der Waals surface area (Å²) in [6.07, 6.45) is 4.62. The van der Waals surface area contributed by atoms with E-state index in [9.17, 15) is 0 Å². The first-order valence-electron chi connectivity index (χ1n) is 8.05. The molecule has 1 aromatic rings. The Hall–Kier alpha value is -1.30. The lowest BCUT2D eigenvalue weighted by Gasteiger charge is -2.12. The van der Waals surface area contributed by atoms with Crippen LogP contribution >= 0.6 is 11.3 Å². The largest absolute Gasteiger partial charge is 0.357 e. The van der Waals surface area contributed by atoms with E-state index >= 15 is 0 Å². The summed E-state index contributed by atoms with van der Waals surface area (Å²) in [5.74, 6) is 0.911. The number of anilines is 1. The van der Waals surface area contributed by atoms with Crippen molar-refractivity contribution in [3.05, 3.63) is 11.1 Å². The van der Waals surface area contributed by atoms with Gasteiger partial charge in [0.25, 0.3) is 0 Å². The Labute approximate surface area is 131 Å². The molecule has 2 rings (SSSR count). The maximum Gasteiger partial charge on any atom is 0.191 e. The Bertz CT molecular complexity index is 437. The molecule has 0 aliphatic carbocycles. The standard InChI is InChI=1S/C15H27N5S/c1-3-8-17-14(16-4-2)18-9-7-13-12-21-15(19-13)20-10-5-6-11-20/h12H,3-11H2,1-2H3,(H2,16,17,18). The Morgan fingerprint density at radius 3 is 2.86 bits per heavy atom. The molecule has 5 nitrogen and oxygen atoms in total. The molecule has 1 fully saturated rings. The second-order valence-electron chi connectivity index (χ2n) is 5.25. The van der Waals surface area contributed by atoms with Gasteiger partial charge in [-0.3, -0.25) is 4.99 Å². The maximum absolute atomic E-state index is 4.74. The van der Waals surface area contributed by atoms with E-state index in [0.717, 1.165) is 38.4 Å². The summed E-state index contributed by atoms with van der Waals surface area (Å²) in [6.45, 7) is 9.20. The van der Waals surface area contributed by atoms with E-state index in [-0.39, 0.29) is 0 Å². The second kappa shape index (κ2) is 8.87. The van der Waals surface area contributed by atoms with Gasteiger partial charge in [-0.15, -0.1) is 11.3 Å². The third-order valence-electron chi connectivity index (χ3n) is 3.43. The van der Waals surface area contributed by atoms with Gasteiger partial charge in [-0.2, -0.15) is 0 Å². The first kappa shape index (κ1) is 16.1. The highest BCUT2D eigenvalue weighted by atomic mass is 32.1. The van der Waals surface area contributed by atoms with Crippen molar-refractivity contribution < 1.29 is 0 Å². The summed E-state index contributed by atoms with van der Waals surface area (Å²) in [6, 6.07) is 0. The van der Waals surface area contributed by atoms with Crippen LogP contribution in [0.3, 0.4) is 0 Å². The summed E-state index contributed by atoms with van der Waals surface area (Å²) in [5, 5.41) is 10.0. The topological polar surface area (TPSA) is 52.6 Å². The van der Waals surface area contributed by atoms with Crippen molar-refractivity contribution in [2.24, 2.45) is 4.99 Å². The van der Waals surface area contributed by atoms with Crippen LogP contribution in [0.4, 0.5) is 5.13 Å². The molecular weight excluding hydrogens is 282 g/mol. The zero-order chi connectivity index (χ0) is 14.9. The molecule has 2 heterocycles. The molecule has 0 amide bonds. The third kappa shape index (κ3) is 5.19. The molecule has 0 aromatic carbocycles. The number of nitrogens with one attached hydrogen (secondary N) is 2. The summed E-state index contributed by atoms with van der Waals surface area (Å²) in [7, 11) is 0. The molecule has 1 aliphatic rings. The molecule has 1 aliphatic heterocycles. The number of aromatic nitrogens is 1. The van der Waals surface area contributed by atoms with Gasteiger partial charge in [-0.05, 0) is 26.2 Å². The molecule has 0 atom stereocenters. The highest BCUT2D eigenvalue weighted by Crippen LogP contribution is 2.24. The SMILES string of the molecule is CCCN=C(NCC)NCCc1csc(N2CCCC2)n1. The van der Waals surface area contributed by atoms with Gasteiger partial charge in [-0.25, -0.2) is 4.98 Å². The van der Waals surface area contributed by atoms with Gasteiger partial charge >= 0.3 is 0 Å². The van der Waals surface area contributed by atoms with Crippen LogP contribution < -0.4 is 15.5 Å². The quantitative estimate of drug-likeness (QED) is 0.599. The second-order valence-corrected chi connectivity index (χ2v) is 6.09. The van der Waals surface area contributed by atoms with E-state index in [1.54, 1.807) is 11.3 Å². The van der Waals surface area contributed by atoms with Crippen molar-refractivity contribution in [3.8, 4) is 0 Å². The number of rotatable bonds is 7. The lowest BCUT2D eigenvalue weighted by molar-refractivity contribution is 0.785. The average Bonchev–Trinajstić information content (AvgIpc) is 3.15. The fourth-order valence-electron chi connectivity index (χ4n) is 2.34. The molecule has 0 bridgehead atoms. The predicted octanol–water partition coefficient (Wildman–Crippen LogP) is 2.25. The monoisotopic (exact) mass is 309 g/mol. The molecule has 6 heteroatoms. The predicted molar refractivity (Wildman–Crippen MR) is 91.5 cm³/mol. The van der Waals surface area contributed by atoms with Crippen LogP contribution in [-0.4, -0.2) is 43.7 Å². The fourth-order valence-corrected chi connectivity index (χ4v) is 3.25. The summed E-state index contributed by atoms with van der Waals surface area (Å²) in [5.41, 5.74) is 1.18. The number of hydrogen-bond donors (Lipinski definition) is 2. The van der Waals surface area contributed by atoms with Gasteiger partial charge in [-0.1, -0.05) is 6.92 Å². The van der Waals surface area contributed by atoms with E-state index in [1.807, 2.05) is 0 Å². The van der Waals surface area contributed by atoms with Gasteiger partial charge in [0.05, 0.1) is 5.69 Å². The van der Waals surface area contributed by atoms with Crippen LogP contribution in [0.5, 0.6) is 0 Å². The molecule has 1 aromatic heterocycles. The zero-order valence-electron chi connectivity index (χ0n) is 13.2. The lowest BCUT2D eigenvalue weighted by atomic mass is 10.3. The van der Waals surface area contributed by atoms with E-state index in [4.69, 9.17) is 4.98 Å². The van der Waals surface area contributed by atoms with Gasteiger partial charge in [0.15, 0.2) is 11.1 Å². The van der Waals surface area contributed by atoms with Crippen molar-refractivity contribution in [2.75, 3.05) is 37.6 Å². The van der Waals surface area contributed by atoms with Gasteiger partial charge < -0.3 is 15.5 Å². The Morgan fingerprint density at radius 2 is 2.14 bits per heavy atom. The van der Waals surface area contributed by atoms with E-state index < -0.39 is 0 Å². The highest BCUT2D eigenvalue weighted by molar-refractivity contribution is 7.13. The first-order valence-corrected chi connectivity index (χ1v) is 8.93. The van der Waals surface area contributed by atoms with E-state index in [1.165, 1.54) is 36.8 Å². The van der Waals surface area contributed by atoms with Crippen LogP contribution in [0.2, 0.25) is 0 Å². The smallest absolute Gasteiger partial charge is 0.191 e. The van der Waals surface area contributed by atoms with Crippen LogP contribution in [0.1, 0.15) is 38.8 Å². The van der Waals surface area contributed by atoms with E-state index in [2.05, 4.69) is 39.8 Å². The zero-order valence-corrected chi connectivity index (χ0v) is 14.0. The molecule has 0 spiro atoms. The molecule has 2 N–H and O–H groups in total. The Balaban J connectivity index is 1.76. The lowest BCUT2D eigenvalue weighted by Crippen LogP contribution is -2.38. The fraction of sp³-hybridized carbons (Fsp3) is 0.733. The van der Waals surface area contributed by atoms with Crippen LogP contribution in [0.15, 0.2) is 10.4 Å². The minimum Gasteiger partial charge on any atom is -0.357 e. The third-order valence-corrected chi connectivity index (χ3v) is 4.38. The average molecular weight is 309 g/mol. The normalized spacial score (nSPS) is 15.5. The first-order chi connectivity index (χ1) is 10.3. The van der Waals surface area contributed by atoms with Crippen LogP contribution in [-0.2, 0) is 6.42 Å². The van der Waals surface area contributed by atoms with Crippen molar-refractivity contribution in [3.63, 3.8) is 0 Å². The maximum atomic E-state index is 4.74. The molecule has 21 heavy (non-hydrogen) atoms. The summed E-state index contributed by atoms with van der Waals surface area (Å²) < 4.78 is 0. The van der Waals surface area contributed by atoms with Gasteiger partial charge in [0.2, 0.25) is 0 Å².